The molecule has 1 N–H and O–H groups in total. The van der Waals surface area contributed by atoms with Crippen molar-refractivity contribution < 1.29 is 0 Å². The van der Waals surface area contributed by atoms with Gasteiger partial charge in [-0.1, -0.05) is 6.42 Å². The van der Waals surface area contributed by atoms with Crippen LogP contribution in [0.3, 0.4) is 0 Å². The Morgan fingerprint density at radius 2 is 2.15 bits per heavy atom. The Hall–Kier alpha value is 0.250. The number of hydrogen-bond donors (Lipinski definition) is 1. The first-order valence-electron chi connectivity index (χ1n) is 5.60. The van der Waals surface area contributed by atoms with Crippen LogP contribution in [-0.4, -0.2) is 13.1 Å². The van der Waals surface area contributed by atoms with Gasteiger partial charge in [-0.05, 0) is 55.9 Å². The van der Waals surface area contributed by atoms with E-state index >= 15 is 0 Å². The molecule has 1 heterocycles. The van der Waals surface area contributed by atoms with Gasteiger partial charge in [0.15, 0.2) is 0 Å². The summed E-state index contributed by atoms with van der Waals surface area (Å²) in [6, 6.07) is 0. The fourth-order valence-corrected chi connectivity index (χ4v) is 4.07. The molecule has 3 rings (SSSR count). The SMILES string of the molecule is C1CNCC2(C1)CC1CCC2C1.Cl. The molecule has 2 saturated carbocycles. The molecule has 3 aliphatic rings. The summed E-state index contributed by atoms with van der Waals surface area (Å²) in [7, 11) is 0. The van der Waals surface area contributed by atoms with Crippen molar-refractivity contribution in [1.82, 2.24) is 5.32 Å². The normalized spacial score (nSPS) is 48.0. The van der Waals surface area contributed by atoms with Crippen molar-refractivity contribution in [3.63, 3.8) is 0 Å². The molecule has 0 amide bonds. The molecule has 0 radical (unpaired) electrons. The Kier molecular flexibility index (Phi) is 2.59. The fraction of sp³-hybridized carbons (Fsp3) is 1.00. The zero-order valence-electron chi connectivity index (χ0n) is 8.22. The van der Waals surface area contributed by atoms with Crippen LogP contribution in [-0.2, 0) is 0 Å². The van der Waals surface area contributed by atoms with Gasteiger partial charge in [0.1, 0.15) is 0 Å². The minimum Gasteiger partial charge on any atom is -0.316 e. The van der Waals surface area contributed by atoms with E-state index in [0.29, 0.717) is 0 Å². The molecule has 0 aromatic rings. The first kappa shape index (κ1) is 9.79. The van der Waals surface area contributed by atoms with Gasteiger partial charge in [0, 0.05) is 6.54 Å². The second-order valence-electron chi connectivity index (χ2n) is 5.22. The van der Waals surface area contributed by atoms with E-state index in [1.807, 2.05) is 0 Å². The number of halogens is 1. The molecular weight excluding hydrogens is 182 g/mol. The highest BCUT2D eigenvalue weighted by molar-refractivity contribution is 5.85. The molecule has 3 atom stereocenters. The summed E-state index contributed by atoms with van der Waals surface area (Å²) in [5.41, 5.74) is 0.779. The predicted molar refractivity (Wildman–Crippen MR) is 57.2 cm³/mol. The molecule has 2 aliphatic carbocycles. The quantitative estimate of drug-likeness (QED) is 0.636. The lowest BCUT2D eigenvalue weighted by molar-refractivity contribution is 0.118. The number of nitrogens with one attached hydrogen (secondary N) is 1. The van der Waals surface area contributed by atoms with Crippen LogP contribution in [0.2, 0.25) is 0 Å². The standard InChI is InChI=1S/C11H19N.ClH/c1-4-11(8-12-5-1)7-9-2-3-10(11)6-9;/h9-10,12H,1-8H2;1H. The largest absolute Gasteiger partial charge is 0.316 e. The third-order valence-corrected chi connectivity index (χ3v) is 4.61. The maximum atomic E-state index is 3.60. The molecule has 1 saturated heterocycles. The van der Waals surface area contributed by atoms with Crippen LogP contribution in [0.5, 0.6) is 0 Å². The van der Waals surface area contributed by atoms with Crippen LogP contribution in [0.4, 0.5) is 0 Å². The summed E-state index contributed by atoms with van der Waals surface area (Å²) >= 11 is 0. The lowest BCUT2D eigenvalue weighted by Gasteiger charge is -2.41. The van der Waals surface area contributed by atoms with Gasteiger partial charge in [0.2, 0.25) is 0 Å². The van der Waals surface area contributed by atoms with Crippen molar-refractivity contribution in [1.29, 1.82) is 0 Å². The van der Waals surface area contributed by atoms with E-state index in [4.69, 9.17) is 0 Å². The number of hydrogen-bond acceptors (Lipinski definition) is 1. The Morgan fingerprint density at radius 1 is 1.23 bits per heavy atom. The van der Waals surface area contributed by atoms with Crippen molar-refractivity contribution in [2.24, 2.45) is 17.3 Å². The zero-order valence-corrected chi connectivity index (χ0v) is 9.04. The Labute approximate surface area is 87.1 Å². The van der Waals surface area contributed by atoms with Crippen LogP contribution in [0.15, 0.2) is 0 Å². The maximum Gasteiger partial charge on any atom is 0.00106 e. The molecule has 3 unspecified atom stereocenters. The average Bonchev–Trinajstić information content (AvgIpc) is 2.65. The molecule has 13 heavy (non-hydrogen) atoms. The van der Waals surface area contributed by atoms with Gasteiger partial charge in [0.25, 0.3) is 0 Å². The smallest absolute Gasteiger partial charge is 0.00106 e. The number of piperidine rings is 1. The lowest BCUT2D eigenvalue weighted by atomic mass is 9.69. The second kappa shape index (κ2) is 3.43. The fourth-order valence-electron chi connectivity index (χ4n) is 4.07. The van der Waals surface area contributed by atoms with E-state index < -0.39 is 0 Å². The molecule has 1 aliphatic heterocycles. The Bertz CT molecular complexity index is 187. The molecule has 2 bridgehead atoms. The summed E-state index contributed by atoms with van der Waals surface area (Å²) in [5, 5.41) is 3.60. The second-order valence-corrected chi connectivity index (χ2v) is 5.22. The number of rotatable bonds is 0. The van der Waals surface area contributed by atoms with Crippen LogP contribution in [0.25, 0.3) is 0 Å². The van der Waals surface area contributed by atoms with Gasteiger partial charge < -0.3 is 5.32 Å². The van der Waals surface area contributed by atoms with E-state index in [2.05, 4.69) is 5.32 Å². The minimum atomic E-state index is 0. The van der Waals surface area contributed by atoms with E-state index in [1.54, 1.807) is 25.7 Å². The molecule has 76 valence electrons. The van der Waals surface area contributed by atoms with E-state index in [9.17, 15) is 0 Å². The van der Waals surface area contributed by atoms with Crippen molar-refractivity contribution in [3.05, 3.63) is 0 Å². The first-order valence-corrected chi connectivity index (χ1v) is 5.60. The van der Waals surface area contributed by atoms with Crippen molar-refractivity contribution in [3.8, 4) is 0 Å². The lowest BCUT2D eigenvalue weighted by Crippen LogP contribution is -2.43. The zero-order chi connectivity index (χ0) is 8.02. The first-order chi connectivity index (χ1) is 5.89. The predicted octanol–water partition coefficient (Wildman–Crippen LogP) is 2.60. The van der Waals surface area contributed by atoms with Crippen molar-refractivity contribution in [2.75, 3.05) is 13.1 Å². The van der Waals surface area contributed by atoms with Crippen LogP contribution in [0.1, 0.15) is 38.5 Å². The minimum absolute atomic E-state index is 0. The van der Waals surface area contributed by atoms with E-state index in [0.717, 1.165) is 17.3 Å². The van der Waals surface area contributed by atoms with E-state index in [1.165, 1.54) is 25.9 Å². The highest BCUT2D eigenvalue weighted by atomic mass is 35.5. The molecule has 1 nitrogen and oxygen atoms in total. The Balaban J connectivity index is 0.000000653. The topological polar surface area (TPSA) is 12.0 Å². The van der Waals surface area contributed by atoms with Gasteiger partial charge in [-0.15, -0.1) is 12.4 Å². The monoisotopic (exact) mass is 201 g/mol. The Morgan fingerprint density at radius 3 is 2.69 bits per heavy atom. The van der Waals surface area contributed by atoms with Crippen LogP contribution >= 0.6 is 12.4 Å². The molecule has 0 aromatic carbocycles. The van der Waals surface area contributed by atoms with Crippen molar-refractivity contribution in [2.45, 2.75) is 38.5 Å². The summed E-state index contributed by atoms with van der Waals surface area (Å²) in [6.07, 6.45) is 9.19. The van der Waals surface area contributed by atoms with Crippen molar-refractivity contribution >= 4 is 12.4 Å². The molecule has 3 fully saturated rings. The maximum absolute atomic E-state index is 3.60. The molecular formula is C11H20ClN. The third-order valence-electron chi connectivity index (χ3n) is 4.61. The van der Waals surface area contributed by atoms with Crippen LogP contribution in [0, 0.1) is 17.3 Å². The summed E-state index contributed by atoms with van der Waals surface area (Å²) in [4.78, 5) is 0. The van der Waals surface area contributed by atoms with Gasteiger partial charge in [-0.2, -0.15) is 0 Å². The van der Waals surface area contributed by atoms with Gasteiger partial charge >= 0.3 is 0 Å². The molecule has 2 heteroatoms. The average molecular weight is 202 g/mol. The highest BCUT2D eigenvalue weighted by Crippen LogP contribution is 2.58. The third kappa shape index (κ3) is 1.41. The summed E-state index contributed by atoms with van der Waals surface area (Å²) in [6.45, 7) is 2.62. The highest BCUT2D eigenvalue weighted by Gasteiger charge is 2.50. The summed E-state index contributed by atoms with van der Waals surface area (Å²) in [5.74, 6) is 2.23. The van der Waals surface area contributed by atoms with Crippen LogP contribution < -0.4 is 5.32 Å². The molecule has 0 aromatic heterocycles. The van der Waals surface area contributed by atoms with Gasteiger partial charge in [0.05, 0.1) is 0 Å². The van der Waals surface area contributed by atoms with E-state index in [-0.39, 0.29) is 12.4 Å². The van der Waals surface area contributed by atoms with Gasteiger partial charge in [-0.25, -0.2) is 0 Å². The summed E-state index contributed by atoms with van der Waals surface area (Å²) < 4.78 is 0. The number of fused-ring (bicyclic) bond motifs is 3. The molecule has 1 spiro atoms. The van der Waals surface area contributed by atoms with Gasteiger partial charge in [-0.3, -0.25) is 0 Å².